The topological polar surface area (TPSA) is 55.5 Å². The minimum absolute atomic E-state index is 0.0559. The lowest BCUT2D eigenvalue weighted by Crippen LogP contribution is -2.44. The number of hydrogen-bond donors (Lipinski definition) is 2. The first-order chi connectivity index (χ1) is 8.26. The monoisotopic (exact) mass is 243 g/mol. The lowest BCUT2D eigenvalue weighted by atomic mass is 9.77. The van der Waals surface area contributed by atoms with E-state index in [1.165, 1.54) is 25.7 Å². The van der Waals surface area contributed by atoms with Crippen LogP contribution in [0, 0.1) is 5.92 Å². The van der Waals surface area contributed by atoms with Gasteiger partial charge in [-0.1, -0.05) is 19.8 Å². The highest BCUT2D eigenvalue weighted by molar-refractivity contribution is 4.88. The SMILES string of the molecule is CCCC1CCC(CN)(OCCCCO)CC1. The summed E-state index contributed by atoms with van der Waals surface area (Å²) in [6.07, 6.45) is 9.19. The van der Waals surface area contributed by atoms with Crippen LogP contribution >= 0.6 is 0 Å². The van der Waals surface area contributed by atoms with Gasteiger partial charge in [-0.15, -0.1) is 0 Å². The molecular weight excluding hydrogens is 214 g/mol. The highest BCUT2D eigenvalue weighted by Gasteiger charge is 2.34. The van der Waals surface area contributed by atoms with E-state index in [0.29, 0.717) is 6.54 Å². The molecule has 0 aromatic heterocycles. The van der Waals surface area contributed by atoms with Crippen molar-refractivity contribution >= 4 is 0 Å². The summed E-state index contributed by atoms with van der Waals surface area (Å²) in [4.78, 5) is 0. The molecule has 0 spiro atoms. The molecule has 0 unspecified atom stereocenters. The van der Waals surface area contributed by atoms with Gasteiger partial charge in [0.15, 0.2) is 0 Å². The number of unbranched alkanes of at least 4 members (excludes halogenated alkanes) is 1. The number of rotatable bonds is 8. The molecule has 0 aromatic rings. The highest BCUT2D eigenvalue weighted by atomic mass is 16.5. The third-order valence-corrected chi connectivity index (χ3v) is 4.05. The molecule has 0 radical (unpaired) electrons. The molecule has 1 rings (SSSR count). The summed E-state index contributed by atoms with van der Waals surface area (Å²) in [5.41, 5.74) is 5.84. The third-order valence-electron chi connectivity index (χ3n) is 4.05. The van der Waals surface area contributed by atoms with E-state index in [2.05, 4.69) is 6.92 Å². The Hall–Kier alpha value is -0.120. The van der Waals surface area contributed by atoms with Crippen LogP contribution in [0.15, 0.2) is 0 Å². The van der Waals surface area contributed by atoms with E-state index in [4.69, 9.17) is 15.6 Å². The Bertz CT molecular complexity index is 183. The van der Waals surface area contributed by atoms with E-state index in [-0.39, 0.29) is 12.2 Å². The number of ether oxygens (including phenoxy) is 1. The van der Waals surface area contributed by atoms with Crippen molar-refractivity contribution in [3.8, 4) is 0 Å². The van der Waals surface area contributed by atoms with Crippen LogP contribution in [0.3, 0.4) is 0 Å². The Kier molecular flexibility index (Phi) is 7.09. The fourth-order valence-electron chi connectivity index (χ4n) is 2.81. The summed E-state index contributed by atoms with van der Waals surface area (Å²) in [7, 11) is 0. The van der Waals surface area contributed by atoms with Crippen LogP contribution in [0.5, 0.6) is 0 Å². The van der Waals surface area contributed by atoms with Gasteiger partial charge in [0, 0.05) is 19.8 Å². The van der Waals surface area contributed by atoms with Crippen molar-refractivity contribution in [2.75, 3.05) is 19.8 Å². The Labute approximate surface area is 106 Å². The van der Waals surface area contributed by atoms with Crippen LogP contribution < -0.4 is 5.73 Å². The first-order valence-corrected chi connectivity index (χ1v) is 7.21. The Morgan fingerprint density at radius 3 is 2.53 bits per heavy atom. The van der Waals surface area contributed by atoms with E-state index in [1.54, 1.807) is 0 Å². The van der Waals surface area contributed by atoms with E-state index < -0.39 is 0 Å². The predicted molar refractivity (Wildman–Crippen MR) is 70.9 cm³/mol. The van der Waals surface area contributed by atoms with Gasteiger partial charge in [0.1, 0.15) is 0 Å². The largest absolute Gasteiger partial charge is 0.396 e. The van der Waals surface area contributed by atoms with Crippen LogP contribution in [-0.2, 0) is 4.74 Å². The van der Waals surface area contributed by atoms with Crippen molar-refractivity contribution in [3.63, 3.8) is 0 Å². The van der Waals surface area contributed by atoms with Gasteiger partial charge in [0.05, 0.1) is 5.60 Å². The number of aliphatic hydroxyl groups is 1. The maximum Gasteiger partial charge on any atom is 0.0804 e. The standard InChI is InChI=1S/C14H29NO2/c1-2-5-13-6-8-14(12-15,9-7-13)17-11-4-3-10-16/h13,16H,2-12,15H2,1H3. The van der Waals surface area contributed by atoms with E-state index >= 15 is 0 Å². The third kappa shape index (κ3) is 4.94. The van der Waals surface area contributed by atoms with Gasteiger partial charge in [-0.3, -0.25) is 0 Å². The van der Waals surface area contributed by atoms with Gasteiger partial charge in [0.2, 0.25) is 0 Å². The molecule has 3 heteroatoms. The minimum atomic E-state index is -0.0559. The van der Waals surface area contributed by atoms with Crippen LogP contribution in [-0.4, -0.2) is 30.5 Å². The molecule has 0 heterocycles. The second-order valence-corrected chi connectivity index (χ2v) is 5.40. The van der Waals surface area contributed by atoms with Crippen molar-refractivity contribution in [3.05, 3.63) is 0 Å². The van der Waals surface area contributed by atoms with Crippen molar-refractivity contribution < 1.29 is 9.84 Å². The van der Waals surface area contributed by atoms with E-state index in [0.717, 1.165) is 38.2 Å². The summed E-state index contributed by atoms with van der Waals surface area (Å²) in [6.45, 7) is 3.91. The highest BCUT2D eigenvalue weighted by Crippen LogP contribution is 2.36. The molecule has 1 aliphatic carbocycles. The average molecular weight is 243 g/mol. The van der Waals surface area contributed by atoms with Crippen molar-refractivity contribution in [2.45, 2.75) is 63.9 Å². The Morgan fingerprint density at radius 1 is 1.29 bits per heavy atom. The normalized spacial score (nSPS) is 29.5. The first kappa shape index (κ1) is 14.9. The lowest BCUT2D eigenvalue weighted by Gasteiger charge is -2.39. The molecule has 1 saturated carbocycles. The zero-order valence-electron chi connectivity index (χ0n) is 11.3. The van der Waals surface area contributed by atoms with E-state index in [9.17, 15) is 0 Å². The van der Waals surface area contributed by atoms with Crippen molar-refractivity contribution in [1.29, 1.82) is 0 Å². The second-order valence-electron chi connectivity index (χ2n) is 5.40. The van der Waals surface area contributed by atoms with Crippen molar-refractivity contribution in [2.24, 2.45) is 11.7 Å². The molecule has 0 atom stereocenters. The molecule has 17 heavy (non-hydrogen) atoms. The van der Waals surface area contributed by atoms with Gasteiger partial charge >= 0.3 is 0 Å². The van der Waals surface area contributed by atoms with Crippen molar-refractivity contribution in [1.82, 2.24) is 0 Å². The zero-order valence-corrected chi connectivity index (χ0v) is 11.3. The van der Waals surface area contributed by atoms with Crippen LogP contribution in [0.25, 0.3) is 0 Å². The fraction of sp³-hybridized carbons (Fsp3) is 1.00. The molecule has 1 aliphatic rings. The van der Waals surface area contributed by atoms with Crippen LogP contribution in [0.2, 0.25) is 0 Å². The van der Waals surface area contributed by atoms with E-state index in [1.807, 2.05) is 0 Å². The number of aliphatic hydroxyl groups excluding tert-OH is 1. The molecule has 3 nitrogen and oxygen atoms in total. The summed E-state index contributed by atoms with van der Waals surface area (Å²) >= 11 is 0. The fourth-order valence-corrected chi connectivity index (χ4v) is 2.81. The van der Waals surface area contributed by atoms with Crippen LogP contribution in [0.4, 0.5) is 0 Å². The summed E-state index contributed by atoms with van der Waals surface area (Å²) < 4.78 is 6.01. The average Bonchev–Trinajstić information content (AvgIpc) is 2.37. The van der Waals surface area contributed by atoms with Gasteiger partial charge in [-0.05, 0) is 44.4 Å². The molecule has 102 valence electrons. The molecule has 0 aliphatic heterocycles. The molecule has 0 aromatic carbocycles. The smallest absolute Gasteiger partial charge is 0.0804 e. The maximum absolute atomic E-state index is 8.74. The summed E-state index contributed by atoms with van der Waals surface area (Å²) in [5.74, 6) is 0.890. The Balaban J connectivity index is 2.28. The lowest BCUT2D eigenvalue weighted by molar-refractivity contribution is -0.0734. The molecule has 1 fully saturated rings. The molecule has 0 saturated heterocycles. The first-order valence-electron chi connectivity index (χ1n) is 7.21. The predicted octanol–water partition coefficient (Wildman–Crippen LogP) is 2.46. The molecule has 0 amide bonds. The van der Waals surface area contributed by atoms with Gasteiger partial charge < -0.3 is 15.6 Å². The van der Waals surface area contributed by atoms with Gasteiger partial charge in [0.25, 0.3) is 0 Å². The minimum Gasteiger partial charge on any atom is -0.396 e. The number of hydrogen-bond acceptors (Lipinski definition) is 3. The van der Waals surface area contributed by atoms with Gasteiger partial charge in [-0.2, -0.15) is 0 Å². The second kappa shape index (κ2) is 8.06. The molecule has 3 N–H and O–H groups in total. The quantitative estimate of drug-likeness (QED) is 0.644. The van der Waals surface area contributed by atoms with Crippen LogP contribution in [0.1, 0.15) is 58.3 Å². The zero-order chi connectivity index (χ0) is 12.6. The number of nitrogens with two attached hydrogens (primary N) is 1. The molecule has 0 bridgehead atoms. The summed E-state index contributed by atoms with van der Waals surface area (Å²) in [5, 5.41) is 8.74. The summed E-state index contributed by atoms with van der Waals surface area (Å²) in [6, 6.07) is 0. The van der Waals surface area contributed by atoms with Gasteiger partial charge in [-0.25, -0.2) is 0 Å². The maximum atomic E-state index is 8.74. The Morgan fingerprint density at radius 2 is 2.00 bits per heavy atom. The molecular formula is C14H29NO2.